The van der Waals surface area contributed by atoms with Crippen LogP contribution in [0, 0.1) is 11.3 Å². The number of likely N-dealkylation sites (tertiary alicyclic amines) is 1. The van der Waals surface area contributed by atoms with Crippen LogP contribution in [0.25, 0.3) is 0 Å². The van der Waals surface area contributed by atoms with E-state index >= 15 is 0 Å². The molecule has 4 heterocycles. The van der Waals surface area contributed by atoms with Gasteiger partial charge in [0, 0.05) is 64.5 Å². The van der Waals surface area contributed by atoms with Crippen molar-refractivity contribution in [2.24, 2.45) is 0 Å². The van der Waals surface area contributed by atoms with E-state index in [1.165, 1.54) is 17.2 Å². The minimum atomic E-state index is -0.236. The van der Waals surface area contributed by atoms with Crippen LogP contribution in [0.4, 0.5) is 5.82 Å². The number of hydrogen-bond acceptors (Lipinski definition) is 9. The van der Waals surface area contributed by atoms with Gasteiger partial charge in [0.2, 0.25) is 5.91 Å². The number of piperazine rings is 1. The van der Waals surface area contributed by atoms with Gasteiger partial charge < -0.3 is 19.3 Å². The summed E-state index contributed by atoms with van der Waals surface area (Å²) in [6, 6.07) is 11.5. The SMILES string of the molecule is C=CC(=O)N1CCN(c2nc(O[C@@H]3CN(C)C[C@H]3OC)nc3c2CN(C2CCc4ccccc42)C3)C[C@@H]1CC#N. The third kappa shape index (κ3) is 4.94. The van der Waals surface area contributed by atoms with Gasteiger partial charge in [-0.2, -0.15) is 15.2 Å². The fraction of sp³-hybridized carbons (Fsp3) is 0.533. The third-order valence-electron chi connectivity index (χ3n) is 8.83. The number of methoxy groups -OCH3 is 1. The Bertz CT molecular complexity index is 1330. The van der Waals surface area contributed by atoms with Gasteiger partial charge in [0.1, 0.15) is 18.0 Å². The molecule has 6 rings (SSSR count). The van der Waals surface area contributed by atoms with Crippen molar-refractivity contribution < 1.29 is 14.3 Å². The summed E-state index contributed by atoms with van der Waals surface area (Å²) in [5.74, 6) is 0.710. The summed E-state index contributed by atoms with van der Waals surface area (Å²) >= 11 is 0. The molecule has 0 radical (unpaired) electrons. The number of ether oxygens (including phenoxy) is 2. The monoisotopic (exact) mass is 543 g/mol. The van der Waals surface area contributed by atoms with Gasteiger partial charge in [-0.25, -0.2) is 0 Å². The van der Waals surface area contributed by atoms with E-state index in [9.17, 15) is 10.1 Å². The standard InChI is InChI=1S/C30H37N7O3/c1-4-28(38)37-14-13-35(15-21(37)11-12-31)29-23-16-36(25-10-9-20-7-5-6-8-22(20)25)17-24(23)32-30(33-29)40-27-19-34(2)18-26(27)39-3/h4-8,21,25-27H,1,9-11,13-19H2,2-3H3/t21-,25?,26+,27+/m0/s1. The maximum Gasteiger partial charge on any atom is 0.319 e. The Labute approximate surface area is 235 Å². The second-order valence-corrected chi connectivity index (χ2v) is 11.3. The lowest BCUT2D eigenvalue weighted by Crippen LogP contribution is -2.55. The van der Waals surface area contributed by atoms with E-state index in [1.807, 2.05) is 0 Å². The van der Waals surface area contributed by atoms with Crippen molar-refractivity contribution in [3.8, 4) is 12.1 Å². The molecule has 1 aromatic heterocycles. The molecule has 2 aromatic rings. The molecule has 0 spiro atoms. The second kappa shape index (κ2) is 11.2. The topological polar surface area (TPSA) is 98.1 Å². The van der Waals surface area contributed by atoms with E-state index in [4.69, 9.17) is 19.4 Å². The van der Waals surface area contributed by atoms with Gasteiger partial charge in [-0.3, -0.25) is 14.6 Å². The lowest BCUT2D eigenvalue weighted by atomic mass is 10.1. The molecule has 4 aliphatic rings. The van der Waals surface area contributed by atoms with Gasteiger partial charge in [0.05, 0.1) is 24.2 Å². The molecule has 10 nitrogen and oxygen atoms in total. The van der Waals surface area contributed by atoms with Gasteiger partial charge in [0.15, 0.2) is 0 Å². The highest BCUT2D eigenvalue weighted by molar-refractivity contribution is 5.87. The summed E-state index contributed by atoms with van der Waals surface area (Å²) in [5.41, 5.74) is 4.94. The summed E-state index contributed by atoms with van der Waals surface area (Å²) in [6.07, 6.45) is 3.55. The number of aromatic nitrogens is 2. The van der Waals surface area contributed by atoms with Crippen LogP contribution in [0.5, 0.6) is 6.01 Å². The highest BCUT2D eigenvalue weighted by Crippen LogP contribution is 2.42. The first kappa shape index (κ1) is 26.7. The lowest BCUT2D eigenvalue weighted by molar-refractivity contribution is -0.128. The smallest absolute Gasteiger partial charge is 0.319 e. The van der Waals surface area contributed by atoms with Crippen molar-refractivity contribution in [3.63, 3.8) is 0 Å². The molecule has 3 aliphatic heterocycles. The largest absolute Gasteiger partial charge is 0.456 e. The Kier molecular flexibility index (Phi) is 7.45. The van der Waals surface area contributed by atoms with Crippen molar-refractivity contribution in [3.05, 3.63) is 59.3 Å². The number of hydrogen-bond donors (Lipinski definition) is 0. The molecule has 0 bridgehead atoms. The number of benzene rings is 1. The van der Waals surface area contributed by atoms with E-state index in [0.29, 0.717) is 31.7 Å². The Morgan fingerprint density at radius 1 is 1.18 bits per heavy atom. The molecule has 1 unspecified atom stereocenters. The highest BCUT2D eigenvalue weighted by atomic mass is 16.5. The highest BCUT2D eigenvalue weighted by Gasteiger charge is 2.39. The predicted octanol–water partition coefficient (Wildman–Crippen LogP) is 2.30. The van der Waals surface area contributed by atoms with E-state index in [0.717, 1.165) is 56.1 Å². The van der Waals surface area contributed by atoms with Gasteiger partial charge in [-0.05, 0) is 37.1 Å². The summed E-state index contributed by atoms with van der Waals surface area (Å²) in [4.78, 5) is 31.1. The van der Waals surface area contributed by atoms with Crippen LogP contribution in [0.1, 0.15) is 41.3 Å². The zero-order valence-corrected chi connectivity index (χ0v) is 23.3. The fourth-order valence-corrected chi connectivity index (χ4v) is 6.82. The number of nitrogens with zero attached hydrogens (tertiary/aromatic N) is 7. The van der Waals surface area contributed by atoms with Crippen molar-refractivity contribution >= 4 is 11.7 Å². The van der Waals surface area contributed by atoms with Crippen molar-refractivity contribution in [1.82, 2.24) is 24.7 Å². The number of amides is 1. The molecule has 1 aliphatic carbocycles. The van der Waals surface area contributed by atoms with Crippen LogP contribution in [-0.4, -0.2) is 95.7 Å². The molecule has 1 aromatic carbocycles. The quantitative estimate of drug-likeness (QED) is 0.487. The van der Waals surface area contributed by atoms with Crippen LogP contribution in [0.2, 0.25) is 0 Å². The first-order valence-electron chi connectivity index (χ1n) is 14.1. The molecule has 10 heteroatoms. The number of carbonyl (C=O) groups is 1. The average molecular weight is 544 g/mol. The zero-order chi connectivity index (χ0) is 27.8. The Hall–Kier alpha value is -3.52. The van der Waals surface area contributed by atoms with E-state index in [2.05, 4.69) is 58.7 Å². The number of carbonyl (C=O) groups excluding carboxylic acids is 1. The van der Waals surface area contributed by atoms with E-state index < -0.39 is 0 Å². The average Bonchev–Trinajstić information content (AvgIpc) is 3.68. The summed E-state index contributed by atoms with van der Waals surface area (Å²) in [7, 11) is 3.77. The Morgan fingerprint density at radius 3 is 2.80 bits per heavy atom. The maximum absolute atomic E-state index is 12.5. The first-order chi connectivity index (χ1) is 19.5. The minimum Gasteiger partial charge on any atom is -0.456 e. The molecule has 210 valence electrons. The second-order valence-electron chi connectivity index (χ2n) is 11.3. The third-order valence-corrected chi connectivity index (χ3v) is 8.83. The van der Waals surface area contributed by atoms with Crippen molar-refractivity contribution in [2.75, 3.05) is 51.8 Å². The zero-order valence-electron chi connectivity index (χ0n) is 23.3. The number of rotatable bonds is 7. The maximum atomic E-state index is 12.5. The molecule has 4 atom stereocenters. The molecule has 1 amide bonds. The van der Waals surface area contributed by atoms with Gasteiger partial charge >= 0.3 is 6.01 Å². The van der Waals surface area contributed by atoms with Crippen LogP contribution >= 0.6 is 0 Å². The number of nitriles is 1. The Morgan fingerprint density at radius 2 is 2.00 bits per heavy atom. The summed E-state index contributed by atoms with van der Waals surface area (Å²) < 4.78 is 12.1. The number of fused-ring (bicyclic) bond motifs is 2. The van der Waals surface area contributed by atoms with Crippen LogP contribution in [0.15, 0.2) is 36.9 Å². The van der Waals surface area contributed by atoms with Gasteiger partial charge in [-0.1, -0.05) is 30.8 Å². The molecular weight excluding hydrogens is 506 g/mol. The van der Waals surface area contributed by atoms with Crippen molar-refractivity contribution in [1.29, 1.82) is 5.26 Å². The molecule has 40 heavy (non-hydrogen) atoms. The minimum absolute atomic E-state index is 0.0507. The number of aryl methyl sites for hydroxylation is 1. The van der Waals surface area contributed by atoms with Crippen LogP contribution in [-0.2, 0) is 29.0 Å². The van der Waals surface area contributed by atoms with Gasteiger partial charge in [0.25, 0.3) is 0 Å². The molecule has 0 N–H and O–H groups in total. The van der Waals surface area contributed by atoms with E-state index in [-0.39, 0.29) is 30.6 Å². The Balaban J connectivity index is 1.32. The molecular formula is C30H37N7O3. The molecule has 2 saturated heterocycles. The van der Waals surface area contributed by atoms with Crippen LogP contribution in [0.3, 0.4) is 0 Å². The van der Waals surface area contributed by atoms with Gasteiger partial charge in [-0.15, -0.1) is 0 Å². The molecule has 0 saturated carbocycles. The fourth-order valence-electron chi connectivity index (χ4n) is 6.82. The van der Waals surface area contributed by atoms with Crippen LogP contribution < -0.4 is 9.64 Å². The number of likely N-dealkylation sites (N-methyl/N-ethyl adjacent to an activating group) is 1. The predicted molar refractivity (Wildman–Crippen MR) is 150 cm³/mol. The lowest BCUT2D eigenvalue weighted by Gasteiger charge is -2.41. The first-order valence-corrected chi connectivity index (χ1v) is 14.1. The summed E-state index contributed by atoms with van der Waals surface area (Å²) in [6.45, 7) is 8.32. The number of anilines is 1. The molecule has 2 fully saturated rings. The van der Waals surface area contributed by atoms with E-state index in [1.54, 1.807) is 12.0 Å². The van der Waals surface area contributed by atoms with Crippen molar-refractivity contribution in [2.45, 2.75) is 56.6 Å². The summed E-state index contributed by atoms with van der Waals surface area (Å²) in [5, 5.41) is 9.51. The normalized spacial score (nSPS) is 26.4.